The lowest BCUT2D eigenvalue weighted by Gasteiger charge is -2.12. The summed E-state index contributed by atoms with van der Waals surface area (Å²) in [5, 5.41) is 23.1. The molecule has 0 aliphatic heterocycles. The summed E-state index contributed by atoms with van der Waals surface area (Å²) in [6, 6.07) is 4.26. The van der Waals surface area contributed by atoms with Crippen molar-refractivity contribution in [2.45, 2.75) is 13.5 Å². The van der Waals surface area contributed by atoms with E-state index >= 15 is 0 Å². The van der Waals surface area contributed by atoms with Crippen LogP contribution >= 0.6 is 0 Å². The maximum atomic E-state index is 11.2. The molecule has 1 rings (SSSR count). The second-order valence-electron chi connectivity index (χ2n) is 4.56. The number of benzene rings is 1. The lowest BCUT2D eigenvalue weighted by atomic mass is 10.1. The van der Waals surface area contributed by atoms with Crippen molar-refractivity contribution in [2.24, 2.45) is 5.92 Å². The topological polar surface area (TPSA) is 102 Å². The normalized spacial score (nSPS) is 12.1. The summed E-state index contributed by atoms with van der Waals surface area (Å²) in [4.78, 5) is 21.4. The van der Waals surface area contributed by atoms with Gasteiger partial charge in [0.15, 0.2) is 0 Å². The molecule has 0 aliphatic rings. The third-order valence-corrected chi connectivity index (χ3v) is 2.80. The molecular formula is C13H18N2O5. The summed E-state index contributed by atoms with van der Waals surface area (Å²) in [6.45, 7) is 3.47. The zero-order valence-corrected chi connectivity index (χ0v) is 11.5. The molecule has 20 heavy (non-hydrogen) atoms. The molecular weight excluding hydrogens is 264 g/mol. The minimum absolute atomic E-state index is 0.260. The highest BCUT2D eigenvalue weighted by Gasteiger charge is 2.23. The van der Waals surface area contributed by atoms with Gasteiger partial charge in [-0.15, -0.1) is 0 Å². The molecule has 0 bridgehead atoms. The van der Waals surface area contributed by atoms with Crippen molar-refractivity contribution in [3.05, 3.63) is 39.4 Å². The van der Waals surface area contributed by atoms with Crippen molar-refractivity contribution in [1.82, 2.24) is 5.32 Å². The second kappa shape index (κ2) is 7.56. The monoisotopic (exact) mass is 282 g/mol. The van der Waals surface area contributed by atoms with E-state index in [2.05, 4.69) is 5.32 Å². The molecule has 0 spiro atoms. The number of nitrogens with one attached hydrogen (secondary N) is 1. The number of nitro groups is 1. The summed E-state index contributed by atoms with van der Waals surface area (Å²) in [7, 11) is 1.61. The van der Waals surface area contributed by atoms with Crippen molar-refractivity contribution in [2.75, 3.05) is 20.3 Å². The lowest BCUT2D eigenvalue weighted by molar-refractivity contribution is -0.385. The van der Waals surface area contributed by atoms with Crippen LogP contribution in [-0.4, -0.2) is 36.3 Å². The van der Waals surface area contributed by atoms with Crippen LogP contribution in [0.2, 0.25) is 0 Å². The van der Waals surface area contributed by atoms with Crippen molar-refractivity contribution < 1.29 is 19.6 Å². The predicted octanol–water partition coefficient (Wildman–Crippen LogP) is 1.67. The first-order valence-electron chi connectivity index (χ1n) is 6.16. The van der Waals surface area contributed by atoms with E-state index in [1.165, 1.54) is 12.1 Å². The summed E-state index contributed by atoms with van der Waals surface area (Å²) < 4.78 is 5.00. The Balaban J connectivity index is 2.82. The predicted molar refractivity (Wildman–Crippen MR) is 72.8 cm³/mol. The Morgan fingerprint density at radius 1 is 1.55 bits per heavy atom. The van der Waals surface area contributed by atoms with Crippen molar-refractivity contribution >= 4 is 11.7 Å². The Morgan fingerprint density at radius 3 is 2.80 bits per heavy atom. The lowest BCUT2D eigenvalue weighted by Crippen LogP contribution is -2.24. The number of nitrogens with zero attached hydrogens (tertiary/aromatic N) is 1. The van der Waals surface area contributed by atoms with Crippen LogP contribution in [0.4, 0.5) is 5.69 Å². The van der Waals surface area contributed by atoms with Crippen molar-refractivity contribution in [3.8, 4) is 0 Å². The summed E-state index contributed by atoms with van der Waals surface area (Å²) in [6.07, 6.45) is 0. The molecule has 1 aromatic rings. The van der Waals surface area contributed by atoms with Crippen LogP contribution in [0, 0.1) is 16.0 Å². The Labute approximate surface area is 116 Å². The van der Waals surface area contributed by atoms with E-state index < -0.39 is 10.9 Å². The third kappa shape index (κ3) is 4.29. The molecule has 0 radical (unpaired) electrons. The van der Waals surface area contributed by atoms with Gasteiger partial charge < -0.3 is 15.2 Å². The zero-order valence-electron chi connectivity index (χ0n) is 11.5. The fraction of sp³-hybridized carbons (Fsp3) is 0.462. The molecule has 7 nitrogen and oxygen atoms in total. The molecule has 0 amide bonds. The number of ether oxygens (including phenoxy) is 1. The zero-order chi connectivity index (χ0) is 15.1. The van der Waals surface area contributed by atoms with E-state index in [4.69, 9.17) is 9.84 Å². The summed E-state index contributed by atoms with van der Waals surface area (Å²) in [5.74, 6) is -1.02. The fourth-order valence-corrected chi connectivity index (χ4v) is 1.93. The molecule has 1 atom stereocenters. The Kier molecular flexibility index (Phi) is 6.08. The largest absolute Gasteiger partial charge is 0.477 e. The van der Waals surface area contributed by atoms with Gasteiger partial charge in [0.1, 0.15) is 5.56 Å². The molecule has 0 heterocycles. The van der Waals surface area contributed by atoms with Gasteiger partial charge in [-0.3, -0.25) is 10.1 Å². The first-order valence-corrected chi connectivity index (χ1v) is 6.16. The van der Waals surface area contributed by atoms with Crippen LogP contribution < -0.4 is 5.32 Å². The maximum Gasteiger partial charge on any atom is 0.343 e. The van der Waals surface area contributed by atoms with Gasteiger partial charge in [-0.05, 0) is 11.5 Å². The van der Waals surface area contributed by atoms with Crippen molar-refractivity contribution in [1.29, 1.82) is 0 Å². The molecule has 7 heteroatoms. The minimum atomic E-state index is -1.29. The molecule has 1 unspecified atom stereocenters. The molecule has 0 aromatic heterocycles. The van der Waals surface area contributed by atoms with Gasteiger partial charge in [0, 0.05) is 32.9 Å². The van der Waals surface area contributed by atoms with Crippen LogP contribution in [0.1, 0.15) is 22.8 Å². The number of rotatable bonds is 8. The first-order chi connectivity index (χ1) is 9.47. The Morgan fingerprint density at radius 2 is 2.25 bits per heavy atom. The highest BCUT2D eigenvalue weighted by atomic mass is 16.6. The number of nitro benzene ring substituents is 1. The van der Waals surface area contributed by atoms with Gasteiger partial charge in [0.2, 0.25) is 0 Å². The number of carboxylic acid groups (broad SMARTS) is 1. The smallest absolute Gasteiger partial charge is 0.343 e. The number of hydrogen-bond donors (Lipinski definition) is 2. The first kappa shape index (κ1) is 16.1. The van der Waals surface area contributed by atoms with Crippen LogP contribution in [0.25, 0.3) is 0 Å². The quantitative estimate of drug-likeness (QED) is 0.555. The average Bonchev–Trinajstić information content (AvgIpc) is 2.38. The van der Waals surface area contributed by atoms with E-state index in [1.54, 1.807) is 13.2 Å². The van der Waals surface area contributed by atoms with E-state index in [9.17, 15) is 14.9 Å². The van der Waals surface area contributed by atoms with E-state index in [0.717, 1.165) is 0 Å². The van der Waals surface area contributed by atoms with E-state index in [1.807, 2.05) is 6.92 Å². The SMILES string of the molecule is COCC(C)CNCc1cccc([N+](=O)[O-])c1C(=O)O. The highest BCUT2D eigenvalue weighted by molar-refractivity contribution is 5.94. The van der Waals surface area contributed by atoms with E-state index in [0.29, 0.717) is 18.7 Å². The Hall–Kier alpha value is -1.99. The van der Waals surface area contributed by atoms with Gasteiger partial charge in [-0.1, -0.05) is 19.1 Å². The van der Waals surface area contributed by atoms with Crippen LogP contribution in [0.15, 0.2) is 18.2 Å². The highest BCUT2D eigenvalue weighted by Crippen LogP contribution is 2.22. The van der Waals surface area contributed by atoms with Gasteiger partial charge in [-0.2, -0.15) is 0 Å². The number of carboxylic acids is 1. The minimum Gasteiger partial charge on any atom is -0.477 e. The molecule has 0 saturated heterocycles. The maximum absolute atomic E-state index is 11.2. The van der Waals surface area contributed by atoms with Crippen LogP contribution in [0.5, 0.6) is 0 Å². The number of aromatic carboxylic acids is 1. The second-order valence-corrected chi connectivity index (χ2v) is 4.56. The molecule has 110 valence electrons. The van der Waals surface area contributed by atoms with Gasteiger partial charge in [-0.25, -0.2) is 4.79 Å². The average molecular weight is 282 g/mol. The summed E-state index contributed by atoms with van der Waals surface area (Å²) in [5.41, 5.74) is -0.248. The molecule has 0 aliphatic carbocycles. The molecule has 1 aromatic carbocycles. The summed E-state index contributed by atoms with van der Waals surface area (Å²) >= 11 is 0. The fourth-order valence-electron chi connectivity index (χ4n) is 1.93. The van der Waals surface area contributed by atoms with Gasteiger partial charge >= 0.3 is 5.97 Å². The molecule has 2 N–H and O–H groups in total. The standard InChI is InChI=1S/C13H18N2O5/c1-9(8-20-2)6-14-7-10-4-3-5-11(15(18)19)12(10)13(16)17/h3-5,9,14H,6-8H2,1-2H3,(H,16,17). The van der Waals surface area contributed by atoms with Crippen LogP contribution in [-0.2, 0) is 11.3 Å². The van der Waals surface area contributed by atoms with Gasteiger partial charge in [0.25, 0.3) is 5.69 Å². The third-order valence-electron chi connectivity index (χ3n) is 2.80. The number of hydrogen-bond acceptors (Lipinski definition) is 5. The Bertz CT molecular complexity index is 490. The van der Waals surface area contributed by atoms with Crippen LogP contribution in [0.3, 0.4) is 0 Å². The van der Waals surface area contributed by atoms with Crippen molar-refractivity contribution in [3.63, 3.8) is 0 Å². The number of methoxy groups -OCH3 is 1. The number of carbonyl (C=O) groups is 1. The molecule has 0 fully saturated rings. The molecule has 0 saturated carbocycles. The van der Waals surface area contributed by atoms with Gasteiger partial charge in [0.05, 0.1) is 4.92 Å². The van der Waals surface area contributed by atoms with E-state index in [-0.39, 0.29) is 23.7 Å².